The average molecular weight is 644 g/mol. The van der Waals surface area contributed by atoms with E-state index in [1.54, 1.807) is 23.1 Å². The van der Waals surface area contributed by atoms with Gasteiger partial charge in [-0.15, -0.1) is 0 Å². The number of carbonyl (C=O) groups excluding carboxylic acids is 2. The van der Waals surface area contributed by atoms with Crippen molar-refractivity contribution in [3.05, 3.63) is 94.0 Å². The Hall–Kier alpha value is -3.70. The molecule has 0 saturated carbocycles. The predicted molar refractivity (Wildman–Crippen MR) is 160 cm³/mol. The van der Waals surface area contributed by atoms with Crippen LogP contribution >= 0.6 is 11.6 Å². The van der Waals surface area contributed by atoms with Gasteiger partial charge >= 0.3 is 6.03 Å². The first kappa shape index (κ1) is 30.3. The first-order valence-corrected chi connectivity index (χ1v) is 16.4. The first-order chi connectivity index (χ1) is 21.0. The summed E-state index contributed by atoms with van der Waals surface area (Å²) >= 11 is 6.16. The van der Waals surface area contributed by atoms with Crippen molar-refractivity contribution in [1.82, 2.24) is 9.80 Å². The third-order valence-corrected chi connectivity index (χ3v) is 12.2. The molecule has 0 unspecified atom stereocenters. The number of nitrogens with zero attached hydrogens (tertiary/aromatic N) is 2. The standard InChI is InChI=1S/C32H32ClF2N3O5S/c33-28-18-24(35)3-1-22(28)19-43-25-6-9-27-21(17-25)2-10-29-32(27,44(41,42)26-7-4-23(34)5-8-26)13-16-38(29)30(39)20-11-14-37(15-12-20)31(36)40/h1,3-9,17-18,20,29H,2,10-16,19H2,(H2,36,40)/t29-,32-/m1/s1. The fraction of sp³-hybridized carbons (Fsp3) is 0.375. The molecule has 232 valence electrons. The highest BCUT2D eigenvalue weighted by molar-refractivity contribution is 7.92. The molecule has 2 saturated heterocycles. The van der Waals surface area contributed by atoms with Crippen molar-refractivity contribution in [2.45, 2.75) is 54.4 Å². The lowest BCUT2D eigenvalue weighted by Gasteiger charge is -2.43. The molecule has 0 aromatic heterocycles. The number of hydrogen-bond acceptors (Lipinski definition) is 5. The molecule has 44 heavy (non-hydrogen) atoms. The Morgan fingerprint density at radius 1 is 0.955 bits per heavy atom. The van der Waals surface area contributed by atoms with Crippen LogP contribution in [-0.4, -0.2) is 55.8 Å². The molecule has 2 N–H and O–H groups in total. The topological polar surface area (TPSA) is 110 Å². The summed E-state index contributed by atoms with van der Waals surface area (Å²) in [6.45, 7) is 1.09. The summed E-state index contributed by atoms with van der Waals surface area (Å²) in [4.78, 5) is 28.7. The van der Waals surface area contributed by atoms with E-state index in [2.05, 4.69) is 0 Å². The number of sulfone groups is 1. The zero-order valence-corrected chi connectivity index (χ0v) is 25.4. The lowest BCUT2D eigenvalue weighted by molar-refractivity contribution is -0.138. The molecule has 0 radical (unpaired) electrons. The molecule has 0 bridgehead atoms. The minimum absolute atomic E-state index is 0.00732. The van der Waals surface area contributed by atoms with Crippen molar-refractivity contribution in [3.8, 4) is 5.75 Å². The van der Waals surface area contributed by atoms with Crippen LogP contribution in [0.4, 0.5) is 13.6 Å². The molecule has 3 aliphatic rings. The molecule has 2 heterocycles. The van der Waals surface area contributed by atoms with Crippen LogP contribution in [0.5, 0.6) is 5.75 Å². The van der Waals surface area contributed by atoms with E-state index in [1.165, 1.54) is 29.2 Å². The summed E-state index contributed by atoms with van der Waals surface area (Å²) in [5, 5.41) is 0.242. The van der Waals surface area contributed by atoms with Gasteiger partial charge in [-0.25, -0.2) is 22.0 Å². The number of amides is 3. The number of hydrogen-bond donors (Lipinski definition) is 1. The van der Waals surface area contributed by atoms with E-state index >= 15 is 0 Å². The molecule has 12 heteroatoms. The van der Waals surface area contributed by atoms with Gasteiger partial charge in [-0.05, 0) is 91.8 Å². The summed E-state index contributed by atoms with van der Waals surface area (Å²) in [5.74, 6) is -0.949. The molecular weight excluding hydrogens is 612 g/mol. The zero-order chi connectivity index (χ0) is 31.2. The van der Waals surface area contributed by atoms with Crippen LogP contribution in [0, 0.1) is 17.6 Å². The van der Waals surface area contributed by atoms with Gasteiger partial charge < -0.3 is 20.3 Å². The number of rotatable bonds is 6. The van der Waals surface area contributed by atoms with Crippen molar-refractivity contribution in [1.29, 1.82) is 0 Å². The van der Waals surface area contributed by atoms with Gasteiger partial charge in [-0.3, -0.25) is 4.79 Å². The maximum absolute atomic E-state index is 14.6. The number of likely N-dealkylation sites (tertiary alicyclic amines) is 2. The Bertz CT molecular complexity index is 1710. The fourth-order valence-corrected chi connectivity index (χ4v) is 9.65. The van der Waals surface area contributed by atoms with E-state index < -0.39 is 38.3 Å². The number of ether oxygens (including phenoxy) is 1. The van der Waals surface area contributed by atoms with E-state index in [9.17, 15) is 26.8 Å². The van der Waals surface area contributed by atoms with Crippen molar-refractivity contribution in [3.63, 3.8) is 0 Å². The second-order valence-corrected chi connectivity index (χ2v) is 14.2. The molecule has 0 spiro atoms. The fourth-order valence-electron chi connectivity index (χ4n) is 7.06. The van der Waals surface area contributed by atoms with E-state index in [1.807, 2.05) is 6.07 Å². The molecule has 2 aliphatic heterocycles. The monoisotopic (exact) mass is 643 g/mol. The summed E-state index contributed by atoms with van der Waals surface area (Å²) < 4.78 is 61.0. The van der Waals surface area contributed by atoms with Gasteiger partial charge in [-0.2, -0.15) is 0 Å². The Morgan fingerprint density at radius 3 is 2.34 bits per heavy atom. The molecule has 3 amide bonds. The van der Waals surface area contributed by atoms with Gasteiger partial charge in [0.05, 0.1) is 16.0 Å². The Balaban J connectivity index is 1.34. The van der Waals surface area contributed by atoms with Crippen LogP contribution in [-0.2, 0) is 32.4 Å². The maximum Gasteiger partial charge on any atom is 0.314 e. The molecule has 2 atom stereocenters. The van der Waals surface area contributed by atoms with Crippen LogP contribution in [0.3, 0.4) is 0 Å². The third kappa shape index (κ3) is 5.19. The molecule has 3 aromatic rings. The number of urea groups is 1. The number of piperidine rings is 1. The minimum atomic E-state index is -4.11. The molecule has 8 nitrogen and oxygen atoms in total. The highest BCUT2D eigenvalue weighted by Crippen LogP contribution is 2.53. The summed E-state index contributed by atoms with van der Waals surface area (Å²) in [5.41, 5.74) is 7.41. The van der Waals surface area contributed by atoms with Crippen LogP contribution in [0.15, 0.2) is 65.6 Å². The lowest BCUT2D eigenvalue weighted by Crippen LogP contribution is -2.54. The van der Waals surface area contributed by atoms with Gasteiger partial charge in [0.1, 0.15) is 28.7 Å². The van der Waals surface area contributed by atoms with Crippen LogP contribution < -0.4 is 10.5 Å². The van der Waals surface area contributed by atoms with Crippen LogP contribution in [0.1, 0.15) is 42.4 Å². The predicted octanol–water partition coefficient (Wildman–Crippen LogP) is 5.20. The number of nitrogens with two attached hydrogens (primary N) is 1. The maximum atomic E-state index is 14.6. The number of benzene rings is 3. The number of aryl methyl sites for hydroxylation is 1. The smallest absolute Gasteiger partial charge is 0.314 e. The van der Waals surface area contributed by atoms with E-state index in [4.69, 9.17) is 22.1 Å². The number of primary amides is 1. The number of halogens is 3. The van der Waals surface area contributed by atoms with Gasteiger partial charge in [0.2, 0.25) is 5.91 Å². The molecule has 1 aliphatic carbocycles. The zero-order valence-electron chi connectivity index (χ0n) is 23.8. The highest BCUT2D eigenvalue weighted by atomic mass is 35.5. The summed E-state index contributed by atoms with van der Waals surface area (Å²) in [7, 11) is -4.11. The van der Waals surface area contributed by atoms with Crippen molar-refractivity contribution >= 4 is 33.4 Å². The Kier molecular flexibility index (Phi) is 8.04. The number of carbonyl (C=O) groups is 2. The van der Waals surface area contributed by atoms with Crippen LogP contribution in [0.25, 0.3) is 0 Å². The first-order valence-electron chi connectivity index (χ1n) is 14.6. The quantitative estimate of drug-likeness (QED) is 0.371. The Labute approximate surface area is 259 Å². The highest BCUT2D eigenvalue weighted by Gasteiger charge is 2.61. The minimum Gasteiger partial charge on any atom is -0.489 e. The Morgan fingerprint density at radius 2 is 1.66 bits per heavy atom. The second-order valence-electron chi connectivity index (χ2n) is 11.6. The van der Waals surface area contributed by atoms with Crippen molar-refractivity contribution in [2.75, 3.05) is 19.6 Å². The third-order valence-electron chi connectivity index (χ3n) is 9.31. The van der Waals surface area contributed by atoms with Gasteiger partial charge in [0.25, 0.3) is 0 Å². The second kappa shape index (κ2) is 11.7. The van der Waals surface area contributed by atoms with Gasteiger partial charge in [0.15, 0.2) is 9.84 Å². The molecule has 3 aromatic carbocycles. The number of fused-ring (bicyclic) bond motifs is 3. The van der Waals surface area contributed by atoms with E-state index in [0.29, 0.717) is 55.6 Å². The molecule has 6 rings (SSSR count). The van der Waals surface area contributed by atoms with Crippen LogP contribution in [0.2, 0.25) is 5.02 Å². The van der Waals surface area contributed by atoms with Crippen molar-refractivity contribution in [2.24, 2.45) is 11.7 Å². The van der Waals surface area contributed by atoms with E-state index in [0.717, 1.165) is 17.7 Å². The largest absolute Gasteiger partial charge is 0.489 e. The molecule has 2 fully saturated rings. The summed E-state index contributed by atoms with van der Waals surface area (Å²) in [6, 6.07) is 13.0. The van der Waals surface area contributed by atoms with Crippen molar-refractivity contribution < 1.29 is 31.5 Å². The normalized spacial score (nSPS) is 21.9. The SMILES string of the molecule is NC(=O)N1CCC(C(=O)N2CC[C@@]3(S(=O)(=O)c4ccc(F)cc4)c4ccc(OCc5ccc(F)cc5Cl)cc4CC[C@@H]23)CC1. The average Bonchev–Trinajstić information content (AvgIpc) is 3.42. The lowest BCUT2D eigenvalue weighted by atomic mass is 9.78. The van der Waals surface area contributed by atoms with E-state index in [-0.39, 0.29) is 41.3 Å². The molecular formula is C32H32ClF2N3O5S. The van der Waals surface area contributed by atoms with Gasteiger partial charge in [-0.1, -0.05) is 23.7 Å². The summed E-state index contributed by atoms with van der Waals surface area (Å²) in [6.07, 6.45) is 2.02. The van der Waals surface area contributed by atoms with Gasteiger partial charge in [0, 0.05) is 31.1 Å².